The monoisotopic (exact) mass is 260 g/mol. The van der Waals surface area contributed by atoms with Crippen LogP contribution in [0.25, 0.3) is 10.6 Å². The smallest absolute Gasteiger partial charge is 0.123 e. The van der Waals surface area contributed by atoms with Gasteiger partial charge in [-0.2, -0.15) is 0 Å². The van der Waals surface area contributed by atoms with Crippen LogP contribution < -0.4 is 5.32 Å². The maximum Gasteiger partial charge on any atom is 0.123 e. The number of aromatic nitrogens is 1. The molecule has 0 aliphatic carbocycles. The number of benzene rings is 1. The summed E-state index contributed by atoms with van der Waals surface area (Å²) in [5.74, 6) is 0. The average molecular weight is 260 g/mol. The molecular formula is C15H20N2S. The summed E-state index contributed by atoms with van der Waals surface area (Å²) in [5, 5.41) is 6.56. The van der Waals surface area contributed by atoms with Crippen molar-refractivity contribution in [2.24, 2.45) is 0 Å². The molecule has 96 valence electrons. The predicted molar refractivity (Wildman–Crippen MR) is 80.2 cm³/mol. The number of nitrogens with one attached hydrogen (secondary N) is 1. The van der Waals surface area contributed by atoms with Crippen molar-refractivity contribution in [1.29, 1.82) is 0 Å². The summed E-state index contributed by atoms with van der Waals surface area (Å²) in [6, 6.07) is 8.54. The fourth-order valence-electron chi connectivity index (χ4n) is 1.88. The molecule has 1 aromatic heterocycles. The van der Waals surface area contributed by atoms with Gasteiger partial charge < -0.3 is 5.32 Å². The second-order valence-corrected chi connectivity index (χ2v) is 5.30. The van der Waals surface area contributed by atoms with Gasteiger partial charge in [0.15, 0.2) is 0 Å². The van der Waals surface area contributed by atoms with E-state index >= 15 is 0 Å². The average Bonchev–Trinajstić information content (AvgIpc) is 2.93. The minimum Gasteiger partial charge on any atom is -0.385 e. The van der Waals surface area contributed by atoms with Gasteiger partial charge >= 0.3 is 0 Å². The standard InChI is InChI=1S/C15H20N2S/c1-2-3-4-5-10-16-14-8-6-13(7-9-14)15-17-11-12-18-15/h6-9,11-12,16H,2-5,10H2,1H3. The first kappa shape index (κ1) is 13.1. The topological polar surface area (TPSA) is 24.9 Å². The molecule has 0 aliphatic heterocycles. The highest BCUT2D eigenvalue weighted by Gasteiger charge is 1.99. The molecule has 0 radical (unpaired) electrons. The van der Waals surface area contributed by atoms with E-state index in [1.54, 1.807) is 11.3 Å². The SMILES string of the molecule is CCCCCCNc1ccc(-c2nccs2)cc1. The van der Waals surface area contributed by atoms with E-state index in [1.165, 1.54) is 36.9 Å². The van der Waals surface area contributed by atoms with E-state index < -0.39 is 0 Å². The molecule has 2 rings (SSSR count). The van der Waals surface area contributed by atoms with E-state index in [0.29, 0.717) is 0 Å². The molecule has 0 bridgehead atoms. The highest BCUT2D eigenvalue weighted by Crippen LogP contribution is 2.23. The molecule has 0 spiro atoms. The molecule has 2 aromatic rings. The maximum atomic E-state index is 4.31. The Balaban J connectivity index is 1.81. The number of thiazole rings is 1. The van der Waals surface area contributed by atoms with Crippen molar-refractivity contribution >= 4 is 17.0 Å². The number of anilines is 1. The van der Waals surface area contributed by atoms with Crippen molar-refractivity contribution < 1.29 is 0 Å². The molecule has 0 saturated carbocycles. The number of unbranched alkanes of at least 4 members (excludes halogenated alkanes) is 3. The van der Waals surface area contributed by atoms with Crippen LogP contribution in [0.2, 0.25) is 0 Å². The van der Waals surface area contributed by atoms with Crippen LogP contribution in [-0.4, -0.2) is 11.5 Å². The van der Waals surface area contributed by atoms with E-state index in [0.717, 1.165) is 11.6 Å². The Morgan fingerprint density at radius 3 is 2.61 bits per heavy atom. The largest absolute Gasteiger partial charge is 0.385 e. The van der Waals surface area contributed by atoms with Gasteiger partial charge in [-0.3, -0.25) is 0 Å². The van der Waals surface area contributed by atoms with Crippen molar-refractivity contribution in [2.45, 2.75) is 32.6 Å². The molecule has 2 nitrogen and oxygen atoms in total. The first-order valence-electron chi connectivity index (χ1n) is 6.64. The van der Waals surface area contributed by atoms with Crippen LogP contribution in [0.15, 0.2) is 35.8 Å². The first-order chi connectivity index (χ1) is 8.90. The zero-order valence-electron chi connectivity index (χ0n) is 10.9. The lowest BCUT2D eigenvalue weighted by Crippen LogP contribution is -2.00. The van der Waals surface area contributed by atoms with Gasteiger partial charge in [-0.25, -0.2) is 4.98 Å². The Kier molecular flexibility index (Phi) is 5.21. The summed E-state index contributed by atoms with van der Waals surface area (Å²) >= 11 is 1.68. The molecule has 0 atom stereocenters. The highest BCUT2D eigenvalue weighted by atomic mass is 32.1. The normalized spacial score (nSPS) is 10.5. The lowest BCUT2D eigenvalue weighted by molar-refractivity contribution is 0.685. The third kappa shape index (κ3) is 3.84. The van der Waals surface area contributed by atoms with E-state index in [2.05, 4.69) is 41.5 Å². The third-order valence-corrected chi connectivity index (χ3v) is 3.75. The summed E-state index contributed by atoms with van der Waals surface area (Å²) in [6.07, 6.45) is 7.05. The van der Waals surface area contributed by atoms with Gasteiger partial charge in [-0.15, -0.1) is 11.3 Å². The van der Waals surface area contributed by atoms with Gasteiger partial charge in [0.1, 0.15) is 5.01 Å². The quantitative estimate of drug-likeness (QED) is 0.723. The van der Waals surface area contributed by atoms with Crippen molar-refractivity contribution in [1.82, 2.24) is 4.98 Å². The summed E-state index contributed by atoms with van der Waals surface area (Å²) < 4.78 is 0. The van der Waals surface area contributed by atoms with Crippen LogP contribution >= 0.6 is 11.3 Å². The maximum absolute atomic E-state index is 4.31. The molecule has 0 unspecified atom stereocenters. The van der Waals surface area contributed by atoms with Crippen molar-refractivity contribution in [2.75, 3.05) is 11.9 Å². The van der Waals surface area contributed by atoms with Crippen molar-refractivity contribution in [3.05, 3.63) is 35.8 Å². The van der Waals surface area contributed by atoms with Crippen LogP contribution in [0.5, 0.6) is 0 Å². The molecule has 0 fully saturated rings. The molecule has 1 aromatic carbocycles. The summed E-state index contributed by atoms with van der Waals surface area (Å²) in [7, 11) is 0. The van der Waals surface area contributed by atoms with E-state index in [4.69, 9.17) is 0 Å². The zero-order valence-corrected chi connectivity index (χ0v) is 11.7. The minimum atomic E-state index is 1.07. The van der Waals surface area contributed by atoms with E-state index in [1.807, 2.05) is 11.6 Å². The van der Waals surface area contributed by atoms with E-state index in [-0.39, 0.29) is 0 Å². The molecule has 1 N–H and O–H groups in total. The fourth-order valence-corrected chi connectivity index (χ4v) is 2.53. The Labute approximate surface area is 113 Å². The van der Waals surface area contributed by atoms with Gasteiger partial charge in [-0.05, 0) is 30.7 Å². The number of hydrogen-bond acceptors (Lipinski definition) is 3. The molecule has 0 amide bonds. The second kappa shape index (κ2) is 7.17. The number of nitrogens with zero attached hydrogens (tertiary/aromatic N) is 1. The summed E-state index contributed by atoms with van der Waals surface area (Å²) in [6.45, 7) is 3.31. The Morgan fingerprint density at radius 1 is 1.11 bits per heavy atom. The van der Waals surface area contributed by atoms with Crippen molar-refractivity contribution in [3.63, 3.8) is 0 Å². The van der Waals surface area contributed by atoms with Crippen LogP contribution in [-0.2, 0) is 0 Å². The summed E-state index contributed by atoms with van der Waals surface area (Å²) in [5.41, 5.74) is 2.40. The second-order valence-electron chi connectivity index (χ2n) is 4.40. The first-order valence-corrected chi connectivity index (χ1v) is 7.52. The third-order valence-electron chi connectivity index (χ3n) is 2.92. The lowest BCUT2D eigenvalue weighted by atomic mass is 10.2. The van der Waals surface area contributed by atoms with E-state index in [9.17, 15) is 0 Å². The van der Waals surface area contributed by atoms with Crippen LogP contribution in [0.3, 0.4) is 0 Å². The number of hydrogen-bond donors (Lipinski definition) is 1. The van der Waals surface area contributed by atoms with Crippen LogP contribution in [0.1, 0.15) is 32.6 Å². The molecule has 0 aliphatic rings. The lowest BCUT2D eigenvalue weighted by Gasteiger charge is -2.06. The fraction of sp³-hybridized carbons (Fsp3) is 0.400. The van der Waals surface area contributed by atoms with Crippen LogP contribution in [0.4, 0.5) is 5.69 Å². The Bertz CT molecular complexity index is 434. The zero-order chi connectivity index (χ0) is 12.6. The van der Waals surface area contributed by atoms with Gasteiger partial charge in [0, 0.05) is 29.4 Å². The molecule has 3 heteroatoms. The van der Waals surface area contributed by atoms with Gasteiger partial charge in [0.25, 0.3) is 0 Å². The molecule has 0 saturated heterocycles. The predicted octanol–water partition coefficient (Wildman–Crippen LogP) is 4.80. The Hall–Kier alpha value is -1.35. The van der Waals surface area contributed by atoms with Gasteiger partial charge in [-0.1, -0.05) is 26.2 Å². The molecule has 18 heavy (non-hydrogen) atoms. The Morgan fingerprint density at radius 2 is 1.94 bits per heavy atom. The minimum absolute atomic E-state index is 1.07. The summed E-state index contributed by atoms with van der Waals surface area (Å²) in [4.78, 5) is 4.31. The van der Waals surface area contributed by atoms with Gasteiger partial charge in [0.2, 0.25) is 0 Å². The van der Waals surface area contributed by atoms with Gasteiger partial charge in [0.05, 0.1) is 0 Å². The van der Waals surface area contributed by atoms with Crippen molar-refractivity contribution in [3.8, 4) is 10.6 Å². The van der Waals surface area contributed by atoms with Crippen LogP contribution in [0, 0.1) is 0 Å². The molecule has 1 heterocycles. The molecular weight excluding hydrogens is 240 g/mol. The number of rotatable bonds is 7. The highest BCUT2D eigenvalue weighted by molar-refractivity contribution is 7.13.